The summed E-state index contributed by atoms with van der Waals surface area (Å²) < 4.78 is 16.4. The predicted molar refractivity (Wildman–Crippen MR) is 161 cm³/mol. The van der Waals surface area contributed by atoms with Crippen molar-refractivity contribution in [3.05, 3.63) is 93.4 Å². The van der Waals surface area contributed by atoms with Crippen molar-refractivity contribution in [2.75, 3.05) is 27.4 Å². The molecule has 10 heteroatoms. The highest BCUT2D eigenvalue weighted by Gasteiger charge is 2.33. The highest BCUT2D eigenvalue weighted by molar-refractivity contribution is 9.10. The third-order valence-corrected chi connectivity index (χ3v) is 7.80. The van der Waals surface area contributed by atoms with Crippen LogP contribution < -0.4 is 9.47 Å². The Morgan fingerprint density at radius 3 is 2.67 bits per heavy atom. The zero-order chi connectivity index (χ0) is 28.1. The van der Waals surface area contributed by atoms with E-state index in [1.807, 2.05) is 60.8 Å². The van der Waals surface area contributed by atoms with E-state index in [9.17, 15) is 9.59 Å². The number of aromatic amines is 1. The number of para-hydroxylation sites is 1. The van der Waals surface area contributed by atoms with Crippen LogP contribution in [0.3, 0.4) is 0 Å². The number of rotatable bonds is 9. The van der Waals surface area contributed by atoms with Gasteiger partial charge in [0.2, 0.25) is 0 Å². The Balaban J connectivity index is 1.46. The van der Waals surface area contributed by atoms with Crippen molar-refractivity contribution in [1.29, 1.82) is 0 Å². The van der Waals surface area contributed by atoms with E-state index in [0.717, 1.165) is 26.7 Å². The van der Waals surface area contributed by atoms with E-state index in [0.29, 0.717) is 40.0 Å². The smallest absolute Gasteiger partial charge is 0.343 e. The quantitative estimate of drug-likeness (QED) is 0.174. The third-order valence-electron chi connectivity index (χ3n) is 6.30. The molecule has 0 radical (unpaired) electrons. The number of nitrogens with zero attached hydrogens (tertiary/aromatic N) is 2. The molecule has 40 heavy (non-hydrogen) atoms. The number of esters is 1. The molecule has 1 saturated heterocycles. The van der Waals surface area contributed by atoms with Crippen molar-refractivity contribution in [2.45, 2.75) is 6.42 Å². The molecule has 8 nitrogen and oxygen atoms in total. The summed E-state index contributed by atoms with van der Waals surface area (Å²) in [5, 5.41) is 1.71. The van der Waals surface area contributed by atoms with Crippen molar-refractivity contribution < 1.29 is 23.8 Å². The van der Waals surface area contributed by atoms with Gasteiger partial charge in [0, 0.05) is 33.7 Å². The van der Waals surface area contributed by atoms with E-state index in [-0.39, 0.29) is 12.5 Å². The molecule has 0 spiro atoms. The predicted octanol–water partition coefficient (Wildman–Crippen LogP) is 6.34. The molecule has 4 aromatic rings. The van der Waals surface area contributed by atoms with Crippen LogP contribution in [0.25, 0.3) is 17.0 Å². The van der Waals surface area contributed by atoms with Gasteiger partial charge in [0.25, 0.3) is 5.91 Å². The van der Waals surface area contributed by atoms with Crippen LogP contribution in [0.5, 0.6) is 11.5 Å². The lowest BCUT2D eigenvalue weighted by atomic mass is 10.1. The number of benzene rings is 3. The molecule has 1 amide bonds. The zero-order valence-electron chi connectivity index (χ0n) is 21.8. The van der Waals surface area contributed by atoms with Crippen molar-refractivity contribution in [3.63, 3.8) is 0 Å². The molecule has 0 aliphatic carbocycles. The number of amidine groups is 1. The van der Waals surface area contributed by atoms with Crippen LogP contribution in [0.2, 0.25) is 0 Å². The van der Waals surface area contributed by atoms with E-state index < -0.39 is 5.97 Å². The first-order valence-electron chi connectivity index (χ1n) is 12.4. The van der Waals surface area contributed by atoms with Gasteiger partial charge in [0.15, 0.2) is 11.8 Å². The average molecular weight is 621 g/mol. The number of carbonyl (C=O) groups excluding carboxylic acids is 2. The lowest BCUT2D eigenvalue weighted by Crippen LogP contribution is -2.31. The molecule has 0 atom stereocenters. The Bertz CT molecular complexity index is 1610. The largest absolute Gasteiger partial charge is 0.497 e. The standard InChI is InChI=1S/C30H26BrN3O5S/c1-37-23-10-8-22(9-11-23)33-30-34(14-13-19-17-32-25-6-4-3-5-24(19)25)29(36)27(40-30)16-20-15-21(31)7-12-26(20)39-18-28(35)38-2/h3-12,15-17,32H,13-14,18H2,1-2H3/b27-16-,33-30?. The summed E-state index contributed by atoms with van der Waals surface area (Å²) in [4.78, 5) is 35.7. The number of aliphatic imine (C=N–C) groups is 1. The van der Waals surface area contributed by atoms with E-state index in [1.165, 1.54) is 18.9 Å². The summed E-state index contributed by atoms with van der Waals surface area (Å²) in [5.41, 5.74) is 3.54. The third kappa shape index (κ3) is 6.24. The van der Waals surface area contributed by atoms with Gasteiger partial charge in [0.05, 0.1) is 24.8 Å². The zero-order valence-corrected chi connectivity index (χ0v) is 24.3. The molecular weight excluding hydrogens is 594 g/mol. The van der Waals surface area contributed by atoms with Gasteiger partial charge >= 0.3 is 5.97 Å². The van der Waals surface area contributed by atoms with E-state index >= 15 is 0 Å². The Morgan fingerprint density at radius 2 is 1.90 bits per heavy atom. The van der Waals surface area contributed by atoms with Gasteiger partial charge < -0.3 is 19.2 Å². The lowest BCUT2D eigenvalue weighted by Gasteiger charge is -2.15. The fourth-order valence-corrected chi connectivity index (χ4v) is 5.62. The maximum Gasteiger partial charge on any atom is 0.343 e. The van der Waals surface area contributed by atoms with Crippen LogP contribution in [0, 0.1) is 0 Å². The SMILES string of the molecule is COC(=O)COc1ccc(Br)cc1/C=C1\SC(=Nc2ccc(OC)cc2)N(CCc2c[nH]c3ccccc23)C1=O. The highest BCUT2D eigenvalue weighted by Crippen LogP contribution is 2.37. The van der Waals surface area contributed by atoms with Crippen molar-refractivity contribution >= 4 is 67.4 Å². The first kappa shape index (κ1) is 27.5. The van der Waals surface area contributed by atoms with Crippen molar-refractivity contribution in [3.8, 4) is 11.5 Å². The maximum atomic E-state index is 13.7. The second kappa shape index (κ2) is 12.4. The summed E-state index contributed by atoms with van der Waals surface area (Å²) in [6, 6.07) is 20.9. The molecular formula is C30H26BrN3O5S. The average Bonchev–Trinajstić information content (AvgIpc) is 3.51. The van der Waals surface area contributed by atoms with Gasteiger partial charge in [-0.2, -0.15) is 0 Å². The number of aromatic nitrogens is 1. The first-order valence-corrected chi connectivity index (χ1v) is 14.0. The molecule has 5 rings (SSSR count). The minimum absolute atomic E-state index is 0.156. The Labute approximate surface area is 244 Å². The van der Waals surface area contributed by atoms with Crippen LogP contribution in [0.15, 0.2) is 87.3 Å². The number of H-pyrrole nitrogens is 1. The molecule has 1 aliphatic heterocycles. The summed E-state index contributed by atoms with van der Waals surface area (Å²) in [7, 11) is 2.92. The molecule has 1 aromatic heterocycles. The normalized spacial score (nSPS) is 15.3. The molecule has 1 fully saturated rings. The number of methoxy groups -OCH3 is 2. The van der Waals surface area contributed by atoms with E-state index in [2.05, 4.69) is 27.0 Å². The first-order chi connectivity index (χ1) is 19.4. The molecule has 204 valence electrons. The number of hydrogen-bond acceptors (Lipinski definition) is 7. The van der Waals surface area contributed by atoms with Crippen LogP contribution in [0.4, 0.5) is 5.69 Å². The minimum atomic E-state index is -0.495. The van der Waals surface area contributed by atoms with Gasteiger partial charge in [-0.25, -0.2) is 9.79 Å². The Hall–Kier alpha value is -4.02. The summed E-state index contributed by atoms with van der Waals surface area (Å²) >= 11 is 4.78. The summed E-state index contributed by atoms with van der Waals surface area (Å²) in [5.74, 6) is 0.534. The van der Waals surface area contributed by atoms with Crippen LogP contribution in [-0.2, 0) is 20.7 Å². The Morgan fingerprint density at radius 1 is 1.10 bits per heavy atom. The Kier molecular flexibility index (Phi) is 8.57. The van der Waals surface area contributed by atoms with E-state index in [1.54, 1.807) is 24.2 Å². The van der Waals surface area contributed by atoms with Gasteiger partial charge in [-0.1, -0.05) is 34.1 Å². The van der Waals surface area contributed by atoms with Gasteiger partial charge in [-0.05, 0) is 78.4 Å². The molecule has 3 aromatic carbocycles. The molecule has 0 saturated carbocycles. The van der Waals surface area contributed by atoms with Gasteiger partial charge in [-0.3, -0.25) is 9.69 Å². The van der Waals surface area contributed by atoms with Crippen LogP contribution >= 0.6 is 27.7 Å². The molecule has 1 N–H and O–H groups in total. The second-order valence-corrected chi connectivity index (χ2v) is 10.7. The number of nitrogens with one attached hydrogen (secondary N) is 1. The fourth-order valence-electron chi connectivity index (χ4n) is 4.23. The van der Waals surface area contributed by atoms with Crippen LogP contribution in [-0.4, -0.2) is 54.3 Å². The minimum Gasteiger partial charge on any atom is -0.497 e. The van der Waals surface area contributed by atoms with E-state index in [4.69, 9.17) is 19.2 Å². The highest BCUT2D eigenvalue weighted by atomic mass is 79.9. The van der Waals surface area contributed by atoms with Gasteiger partial charge in [0.1, 0.15) is 11.5 Å². The van der Waals surface area contributed by atoms with Gasteiger partial charge in [-0.15, -0.1) is 0 Å². The number of halogens is 1. The van der Waals surface area contributed by atoms with Crippen molar-refractivity contribution in [1.82, 2.24) is 9.88 Å². The monoisotopic (exact) mass is 619 g/mol. The number of ether oxygens (including phenoxy) is 3. The summed E-state index contributed by atoms with van der Waals surface area (Å²) in [6.07, 6.45) is 4.40. The number of thioether (sulfide) groups is 1. The lowest BCUT2D eigenvalue weighted by molar-refractivity contribution is -0.142. The summed E-state index contributed by atoms with van der Waals surface area (Å²) in [6.45, 7) is 0.209. The molecule has 1 aliphatic rings. The molecule has 0 unspecified atom stereocenters. The molecule has 2 heterocycles. The molecule has 0 bridgehead atoms. The van der Waals surface area contributed by atoms with Crippen molar-refractivity contribution in [2.24, 2.45) is 4.99 Å². The second-order valence-electron chi connectivity index (χ2n) is 8.82. The van der Waals surface area contributed by atoms with Crippen LogP contribution in [0.1, 0.15) is 11.1 Å². The number of carbonyl (C=O) groups is 2. The fraction of sp³-hybridized carbons (Fsp3) is 0.167. The number of hydrogen-bond donors (Lipinski definition) is 1. The maximum absolute atomic E-state index is 13.7. The number of amides is 1. The number of fused-ring (bicyclic) bond motifs is 1. The topological polar surface area (TPSA) is 93.2 Å².